The van der Waals surface area contributed by atoms with Gasteiger partial charge in [-0.05, 0) is 16.9 Å². The Hall–Kier alpha value is -2.10. The first-order valence-corrected chi connectivity index (χ1v) is 6.90. The molecule has 0 spiro atoms. The molecule has 0 fully saturated rings. The molecule has 0 amide bonds. The van der Waals surface area contributed by atoms with E-state index in [1.807, 2.05) is 53.7 Å². The lowest BCUT2D eigenvalue weighted by Crippen LogP contribution is -2.01. The highest BCUT2D eigenvalue weighted by molar-refractivity contribution is 5.88. The van der Waals surface area contributed by atoms with Gasteiger partial charge < -0.3 is 9.84 Å². The van der Waals surface area contributed by atoms with Gasteiger partial charge >= 0.3 is 11.9 Å². The van der Waals surface area contributed by atoms with E-state index in [0.717, 1.165) is 6.08 Å². The second-order valence-corrected chi connectivity index (χ2v) is 6.84. The number of carbonyl (C=O) groups is 2. The lowest BCUT2D eigenvalue weighted by atomic mass is 9.95. The third-order valence-electron chi connectivity index (χ3n) is 1.98. The number of rotatable bonds is 4. The molecule has 0 aliphatic heterocycles. The molecule has 0 unspecified atom stereocenters. The first-order valence-electron chi connectivity index (χ1n) is 6.90. The van der Waals surface area contributed by atoms with Crippen molar-refractivity contribution in [2.45, 2.75) is 41.5 Å². The van der Waals surface area contributed by atoms with Gasteiger partial charge in [0.2, 0.25) is 0 Å². The van der Waals surface area contributed by atoms with Crippen LogP contribution in [0.5, 0.6) is 0 Å². The SMILES string of the molecule is C=C(C=CC(C)(C)C)C(=O)O.C=CC(=O)OC=CC(C)(C)C. The minimum absolute atomic E-state index is 0.0123. The first-order chi connectivity index (χ1) is 9.78. The van der Waals surface area contributed by atoms with Crippen molar-refractivity contribution in [3.8, 4) is 0 Å². The predicted octanol–water partition coefficient (Wildman–Crippen LogP) is 4.50. The Labute approximate surface area is 133 Å². The van der Waals surface area contributed by atoms with Crippen molar-refractivity contribution in [1.82, 2.24) is 0 Å². The second kappa shape index (κ2) is 9.77. The summed E-state index contributed by atoms with van der Waals surface area (Å²) in [4.78, 5) is 20.8. The number of esters is 1. The lowest BCUT2D eigenvalue weighted by molar-refractivity contribution is -0.133. The molecule has 124 valence electrons. The van der Waals surface area contributed by atoms with Crippen LogP contribution in [-0.2, 0) is 14.3 Å². The monoisotopic (exact) mass is 308 g/mol. The standard InChI is InChI=1S/2C9H14O2/c1-7(8(10)11)5-6-9(2,3)4;1-5-8(10)11-7-6-9(2,3)4/h5-6H,1H2,2-4H3,(H,10,11);5-7H,1H2,2-4H3. The molecule has 0 aliphatic carbocycles. The summed E-state index contributed by atoms with van der Waals surface area (Å²) >= 11 is 0. The van der Waals surface area contributed by atoms with Gasteiger partial charge in [-0.1, -0.05) is 66.9 Å². The fourth-order valence-corrected chi connectivity index (χ4v) is 0.775. The third-order valence-corrected chi connectivity index (χ3v) is 1.98. The number of hydrogen-bond donors (Lipinski definition) is 1. The van der Waals surface area contributed by atoms with Gasteiger partial charge in [-0.2, -0.15) is 0 Å². The highest BCUT2D eigenvalue weighted by atomic mass is 16.5. The zero-order chi connectivity index (χ0) is 18.0. The summed E-state index contributed by atoms with van der Waals surface area (Å²) in [5.41, 5.74) is 0.180. The van der Waals surface area contributed by atoms with Gasteiger partial charge in [-0.15, -0.1) is 0 Å². The van der Waals surface area contributed by atoms with Gasteiger partial charge in [0.1, 0.15) is 0 Å². The van der Waals surface area contributed by atoms with Gasteiger partial charge in [0.05, 0.1) is 11.8 Å². The third kappa shape index (κ3) is 17.9. The number of hydrogen-bond acceptors (Lipinski definition) is 3. The second-order valence-electron chi connectivity index (χ2n) is 6.84. The number of carbonyl (C=O) groups excluding carboxylic acids is 1. The maximum Gasteiger partial charge on any atom is 0.335 e. The molecule has 0 saturated carbocycles. The normalized spacial score (nSPS) is 11.7. The van der Waals surface area contributed by atoms with E-state index in [9.17, 15) is 9.59 Å². The molecule has 0 aromatic carbocycles. The molecular formula is C18H28O4. The summed E-state index contributed by atoms with van der Waals surface area (Å²) in [5.74, 6) is -1.39. The van der Waals surface area contributed by atoms with Crippen LogP contribution in [0.1, 0.15) is 41.5 Å². The van der Waals surface area contributed by atoms with Gasteiger partial charge in [0.15, 0.2) is 0 Å². The zero-order valence-electron chi connectivity index (χ0n) is 14.5. The quantitative estimate of drug-likeness (QED) is 0.359. The molecule has 0 aromatic rings. The fraction of sp³-hybridized carbons (Fsp3) is 0.444. The molecule has 0 heterocycles. The highest BCUT2D eigenvalue weighted by Gasteiger charge is 2.05. The maximum atomic E-state index is 10.5. The lowest BCUT2D eigenvalue weighted by Gasteiger charge is -2.10. The van der Waals surface area contributed by atoms with Crippen molar-refractivity contribution in [3.05, 3.63) is 49.3 Å². The van der Waals surface area contributed by atoms with E-state index in [4.69, 9.17) is 5.11 Å². The Morgan fingerprint density at radius 3 is 1.77 bits per heavy atom. The van der Waals surface area contributed by atoms with Crippen LogP contribution in [0.4, 0.5) is 0 Å². The summed E-state index contributed by atoms with van der Waals surface area (Å²) in [6, 6.07) is 0. The molecular weight excluding hydrogens is 280 g/mol. The van der Waals surface area contributed by atoms with Crippen LogP contribution in [0, 0.1) is 10.8 Å². The summed E-state index contributed by atoms with van der Waals surface area (Å²) in [7, 11) is 0. The Morgan fingerprint density at radius 2 is 1.45 bits per heavy atom. The average molecular weight is 308 g/mol. The van der Waals surface area contributed by atoms with Crippen molar-refractivity contribution in [1.29, 1.82) is 0 Å². The van der Waals surface area contributed by atoms with E-state index in [1.165, 1.54) is 12.3 Å². The van der Waals surface area contributed by atoms with Gasteiger partial charge in [-0.25, -0.2) is 9.59 Å². The van der Waals surface area contributed by atoms with Crippen molar-refractivity contribution in [2.24, 2.45) is 10.8 Å². The van der Waals surface area contributed by atoms with Gasteiger partial charge in [0, 0.05) is 6.08 Å². The summed E-state index contributed by atoms with van der Waals surface area (Å²) < 4.78 is 4.63. The minimum Gasteiger partial charge on any atom is -0.478 e. The average Bonchev–Trinajstić information content (AvgIpc) is 2.33. The molecule has 1 N–H and O–H groups in total. The van der Waals surface area contributed by atoms with E-state index in [-0.39, 0.29) is 16.4 Å². The first kappa shape index (κ1) is 22.2. The number of aliphatic carboxylic acids is 1. The topological polar surface area (TPSA) is 63.6 Å². The van der Waals surface area contributed by atoms with E-state index < -0.39 is 11.9 Å². The molecule has 0 atom stereocenters. The van der Waals surface area contributed by atoms with E-state index >= 15 is 0 Å². The van der Waals surface area contributed by atoms with E-state index in [2.05, 4.69) is 17.9 Å². The van der Waals surface area contributed by atoms with Crippen LogP contribution in [-0.4, -0.2) is 17.0 Å². The Kier molecular flexibility index (Phi) is 9.85. The highest BCUT2D eigenvalue weighted by Crippen LogP contribution is 2.15. The molecule has 0 saturated heterocycles. The number of carboxylic acid groups (broad SMARTS) is 1. The number of ether oxygens (including phenoxy) is 1. The predicted molar refractivity (Wildman–Crippen MR) is 90.3 cm³/mol. The molecule has 0 rings (SSSR count). The fourth-order valence-electron chi connectivity index (χ4n) is 0.775. The van der Waals surface area contributed by atoms with E-state index in [0.29, 0.717) is 0 Å². The smallest absolute Gasteiger partial charge is 0.335 e. The van der Waals surface area contributed by atoms with Crippen LogP contribution in [0.3, 0.4) is 0 Å². The summed E-state index contributed by atoms with van der Waals surface area (Å²) in [6.45, 7) is 18.7. The Bertz CT molecular complexity index is 452. The Morgan fingerprint density at radius 1 is 1.00 bits per heavy atom. The minimum atomic E-state index is -0.967. The van der Waals surface area contributed by atoms with Crippen molar-refractivity contribution < 1.29 is 19.4 Å². The van der Waals surface area contributed by atoms with Crippen molar-refractivity contribution in [2.75, 3.05) is 0 Å². The molecule has 0 aliphatic rings. The summed E-state index contributed by atoms with van der Waals surface area (Å²) in [6.07, 6.45) is 7.69. The molecule has 22 heavy (non-hydrogen) atoms. The molecule has 4 nitrogen and oxygen atoms in total. The Balaban J connectivity index is 0. The molecule has 0 radical (unpaired) electrons. The molecule has 0 aromatic heterocycles. The van der Waals surface area contributed by atoms with Crippen LogP contribution in [0.25, 0.3) is 0 Å². The van der Waals surface area contributed by atoms with E-state index in [1.54, 1.807) is 0 Å². The van der Waals surface area contributed by atoms with Gasteiger partial charge in [-0.3, -0.25) is 0 Å². The van der Waals surface area contributed by atoms with Crippen molar-refractivity contribution >= 4 is 11.9 Å². The number of carboxylic acids is 1. The van der Waals surface area contributed by atoms with Crippen molar-refractivity contribution in [3.63, 3.8) is 0 Å². The van der Waals surface area contributed by atoms with Gasteiger partial charge in [0.25, 0.3) is 0 Å². The maximum absolute atomic E-state index is 10.5. The molecule has 4 heteroatoms. The van der Waals surface area contributed by atoms with Crippen LogP contribution < -0.4 is 0 Å². The van der Waals surface area contributed by atoms with Crippen LogP contribution in [0.2, 0.25) is 0 Å². The van der Waals surface area contributed by atoms with Crippen LogP contribution >= 0.6 is 0 Å². The van der Waals surface area contributed by atoms with Crippen LogP contribution in [0.15, 0.2) is 49.3 Å². The summed E-state index contributed by atoms with van der Waals surface area (Å²) in [5, 5.41) is 8.43. The zero-order valence-corrected chi connectivity index (χ0v) is 14.5. The number of allylic oxidation sites excluding steroid dienone is 2. The molecule has 0 bridgehead atoms. The largest absolute Gasteiger partial charge is 0.478 e.